The fraction of sp³-hybridized carbons (Fsp3) is 0.667. The number of aryl methyl sites for hydroxylation is 1. The molecule has 2 rings (SSSR count). The third-order valence-corrected chi connectivity index (χ3v) is 5.38. The molecule has 1 unspecified atom stereocenters. The minimum atomic E-state index is 0.433. The van der Waals surface area contributed by atoms with Gasteiger partial charge >= 0.3 is 0 Å². The summed E-state index contributed by atoms with van der Waals surface area (Å²) in [7, 11) is 1.85. The molecule has 1 heterocycles. The Morgan fingerprint density at radius 1 is 1.16 bits per heavy atom. The zero-order valence-electron chi connectivity index (χ0n) is 16.7. The molecule has 4 heteroatoms. The van der Waals surface area contributed by atoms with Crippen LogP contribution in [0.25, 0.3) is 0 Å². The number of guanidine groups is 1. The van der Waals surface area contributed by atoms with Gasteiger partial charge < -0.3 is 10.6 Å². The molecule has 0 saturated carbocycles. The molecular weight excluding hydrogens is 308 g/mol. The van der Waals surface area contributed by atoms with Gasteiger partial charge in [-0.3, -0.25) is 9.89 Å². The van der Waals surface area contributed by atoms with E-state index in [0.29, 0.717) is 12.0 Å². The van der Waals surface area contributed by atoms with Crippen LogP contribution in [0.2, 0.25) is 0 Å². The van der Waals surface area contributed by atoms with Crippen molar-refractivity contribution in [3.05, 3.63) is 35.4 Å². The zero-order valence-corrected chi connectivity index (χ0v) is 16.7. The number of aliphatic imine (C=N–C) groups is 1. The van der Waals surface area contributed by atoms with Gasteiger partial charge in [-0.15, -0.1) is 0 Å². The van der Waals surface area contributed by atoms with Crippen molar-refractivity contribution in [3.8, 4) is 0 Å². The van der Waals surface area contributed by atoms with Crippen molar-refractivity contribution in [1.82, 2.24) is 15.5 Å². The van der Waals surface area contributed by atoms with Gasteiger partial charge in [-0.05, 0) is 57.2 Å². The molecule has 4 nitrogen and oxygen atoms in total. The second-order valence-corrected chi connectivity index (χ2v) is 7.84. The predicted octanol–water partition coefficient (Wildman–Crippen LogP) is 3.42. The molecule has 2 N–H and O–H groups in total. The van der Waals surface area contributed by atoms with Crippen LogP contribution in [0.4, 0.5) is 0 Å². The molecular formula is C21H36N4. The van der Waals surface area contributed by atoms with Gasteiger partial charge in [-0.25, -0.2) is 0 Å². The van der Waals surface area contributed by atoms with E-state index in [9.17, 15) is 0 Å². The van der Waals surface area contributed by atoms with Crippen LogP contribution in [0.15, 0.2) is 29.3 Å². The van der Waals surface area contributed by atoms with Crippen LogP contribution < -0.4 is 10.6 Å². The molecule has 25 heavy (non-hydrogen) atoms. The fourth-order valence-electron chi connectivity index (χ4n) is 3.12. The quantitative estimate of drug-likeness (QED) is 0.614. The summed E-state index contributed by atoms with van der Waals surface area (Å²) in [5, 5.41) is 7.00. The summed E-state index contributed by atoms with van der Waals surface area (Å²) in [6, 6.07) is 9.37. The second kappa shape index (κ2) is 9.81. The summed E-state index contributed by atoms with van der Waals surface area (Å²) in [5.74, 6) is 2.27. The van der Waals surface area contributed by atoms with E-state index in [1.54, 1.807) is 0 Å². The summed E-state index contributed by atoms with van der Waals surface area (Å²) in [4.78, 5) is 6.94. The standard InChI is InChI=1S/C21H36N4/c1-16(2)18(4)24-21(22-5)23-14-19-10-12-25(13-11-19)15-20-8-6-17(3)7-9-20/h6-9,16,18-19H,10-15H2,1-5H3,(H2,22,23,24). The Balaban J connectivity index is 1.70. The van der Waals surface area contributed by atoms with Gasteiger partial charge in [-0.1, -0.05) is 43.7 Å². The Morgan fingerprint density at radius 3 is 2.36 bits per heavy atom. The van der Waals surface area contributed by atoms with E-state index in [1.807, 2.05) is 7.05 Å². The van der Waals surface area contributed by atoms with Gasteiger partial charge in [0, 0.05) is 26.2 Å². The van der Waals surface area contributed by atoms with E-state index in [4.69, 9.17) is 0 Å². The van der Waals surface area contributed by atoms with Crippen molar-refractivity contribution in [2.24, 2.45) is 16.8 Å². The maximum atomic E-state index is 4.36. The lowest BCUT2D eigenvalue weighted by molar-refractivity contribution is 0.178. The SMILES string of the molecule is CN=C(NCC1CCN(Cc2ccc(C)cc2)CC1)NC(C)C(C)C. The van der Waals surface area contributed by atoms with Crippen LogP contribution in [0.1, 0.15) is 44.7 Å². The highest BCUT2D eigenvalue weighted by Gasteiger charge is 2.19. The highest BCUT2D eigenvalue weighted by atomic mass is 15.2. The summed E-state index contributed by atoms with van der Waals surface area (Å²) >= 11 is 0. The van der Waals surface area contributed by atoms with Crippen molar-refractivity contribution in [2.75, 3.05) is 26.7 Å². The van der Waals surface area contributed by atoms with E-state index in [0.717, 1.165) is 25.0 Å². The van der Waals surface area contributed by atoms with Gasteiger partial charge in [0.1, 0.15) is 0 Å². The number of rotatable bonds is 6. The number of piperidine rings is 1. The van der Waals surface area contributed by atoms with Crippen molar-refractivity contribution in [2.45, 2.75) is 53.1 Å². The number of hydrogen-bond donors (Lipinski definition) is 2. The Labute approximate surface area is 154 Å². The molecule has 0 radical (unpaired) electrons. The lowest BCUT2D eigenvalue weighted by atomic mass is 9.96. The highest BCUT2D eigenvalue weighted by Crippen LogP contribution is 2.18. The highest BCUT2D eigenvalue weighted by molar-refractivity contribution is 5.79. The Morgan fingerprint density at radius 2 is 1.80 bits per heavy atom. The van der Waals surface area contributed by atoms with Crippen molar-refractivity contribution < 1.29 is 0 Å². The molecule has 0 bridgehead atoms. The number of nitrogens with one attached hydrogen (secondary N) is 2. The molecule has 1 aromatic rings. The number of hydrogen-bond acceptors (Lipinski definition) is 2. The third kappa shape index (κ3) is 6.69. The van der Waals surface area contributed by atoms with Gasteiger partial charge in [0.25, 0.3) is 0 Å². The molecule has 1 aliphatic heterocycles. The number of nitrogens with zero attached hydrogens (tertiary/aromatic N) is 2. The van der Waals surface area contributed by atoms with Gasteiger partial charge in [-0.2, -0.15) is 0 Å². The largest absolute Gasteiger partial charge is 0.356 e. The summed E-state index contributed by atoms with van der Waals surface area (Å²) in [5.41, 5.74) is 2.76. The lowest BCUT2D eigenvalue weighted by Gasteiger charge is -2.32. The molecule has 0 aliphatic carbocycles. The summed E-state index contributed by atoms with van der Waals surface area (Å²) in [6.45, 7) is 13.3. The molecule has 140 valence electrons. The molecule has 1 aromatic carbocycles. The van der Waals surface area contributed by atoms with Gasteiger partial charge in [0.15, 0.2) is 5.96 Å². The van der Waals surface area contributed by atoms with E-state index in [2.05, 4.69) is 72.5 Å². The van der Waals surface area contributed by atoms with Crippen LogP contribution >= 0.6 is 0 Å². The van der Waals surface area contributed by atoms with Crippen LogP contribution in [0.5, 0.6) is 0 Å². The molecule has 1 saturated heterocycles. The number of likely N-dealkylation sites (tertiary alicyclic amines) is 1. The van der Waals surface area contributed by atoms with Crippen LogP contribution in [0.3, 0.4) is 0 Å². The van der Waals surface area contributed by atoms with Gasteiger partial charge in [0.05, 0.1) is 0 Å². The molecule has 1 fully saturated rings. The summed E-state index contributed by atoms with van der Waals surface area (Å²) < 4.78 is 0. The van der Waals surface area contributed by atoms with E-state index < -0.39 is 0 Å². The molecule has 1 atom stereocenters. The summed E-state index contributed by atoms with van der Waals surface area (Å²) in [6.07, 6.45) is 2.52. The topological polar surface area (TPSA) is 39.7 Å². The molecule has 1 aliphatic rings. The first-order chi connectivity index (χ1) is 12.0. The maximum absolute atomic E-state index is 4.36. The van der Waals surface area contributed by atoms with Crippen LogP contribution in [-0.4, -0.2) is 43.6 Å². The first-order valence-corrected chi connectivity index (χ1v) is 9.73. The maximum Gasteiger partial charge on any atom is 0.191 e. The normalized spacial score (nSPS) is 18.4. The minimum Gasteiger partial charge on any atom is -0.356 e. The number of benzene rings is 1. The fourth-order valence-corrected chi connectivity index (χ4v) is 3.12. The zero-order chi connectivity index (χ0) is 18.2. The van der Waals surface area contributed by atoms with Crippen molar-refractivity contribution in [3.63, 3.8) is 0 Å². The minimum absolute atomic E-state index is 0.433. The second-order valence-electron chi connectivity index (χ2n) is 7.84. The van der Waals surface area contributed by atoms with E-state index in [1.165, 1.54) is 37.1 Å². The molecule has 0 spiro atoms. The van der Waals surface area contributed by atoms with Crippen molar-refractivity contribution >= 4 is 5.96 Å². The molecule has 0 amide bonds. The Hall–Kier alpha value is -1.55. The van der Waals surface area contributed by atoms with Gasteiger partial charge in [0.2, 0.25) is 0 Å². The van der Waals surface area contributed by atoms with E-state index in [-0.39, 0.29) is 0 Å². The van der Waals surface area contributed by atoms with E-state index >= 15 is 0 Å². The van der Waals surface area contributed by atoms with Crippen molar-refractivity contribution in [1.29, 1.82) is 0 Å². The van der Waals surface area contributed by atoms with Crippen LogP contribution in [-0.2, 0) is 6.54 Å². The lowest BCUT2D eigenvalue weighted by Crippen LogP contribution is -2.46. The first-order valence-electron chi connectivity index (χ1n) is 9.73. The monoisotopic (exact) mass is 344 g/mol. The smallest absolute Gasteiger partial charge is 0.191 e. The molecule has 0 aromatic heterocycles. The first kappa shape index (κ1) is 19.8. The van der Waals surface area contributed by atoms with Crippen LogP contribution in [0, 0.1) is 18.8 Å². The Bertz CT molecular complexity index is 527. The predicted molar refractivity (Wildman–Crippen MR) is 108 cm³/mol. The third-order valence-electron chi connectivity index (χ3n) is 5.38. The Kier molecular flexibility index (Phi) is 7.76. The average molecular weight is 345 g/mol. The average Bonchev–Trinajstić information content (AvgIpc) is 2.61.